The van der Waals surface area contributed by atoms with Crippen LogP contribution in [0.3, 0.4) is 0 Å². The molecule has 2 rings (SSSR count). The summed E-state index contributed by atoms with van der Waals surface area (Å²) in [4.78, 5) is 12.3. The van der Waals surface area contributed by atoms with Crippen molar-refractivity contribution >= 4 is 11.4 Å². The van der Waals surface area contributed by atoms with Gasteiger partial charge in [0.1, 0.15) is 5.76 Å². The maximum absolute atomic E-state index is 12.3. The van der Waals surface area contributed by atoms with Crippen LogP contribution in [0.15, 0.2) is 67.0 Å². The fourth-order valence-electron chi connectivity index (χ4n) is 2.41. The minimum Gasteiger partial charge on any atom is -0.508 e. The summed E-state index contributed by atoms with van der Waals surface area (Å²) in [6, 6.07) is 9.28. The summed E-state index contributed by atoms with van der Waals surface area (Å²) in [6.45, 7) is 3.39. The van der Waals surface area contributed by atoms with Gasteiger partial charge in [-0.2, -0.15) is 0 Å². The van der Waals surface area contributed by atoms with Crippen LogP contribution in [0.5, 0.6) is 23.0 Å². The molecule has 0 saturated carbocycles. The first-order valence-electron chi connectivity index (χ1n) is 7.93. The lowest BCUT2D eigenvalue weighted by Gasteiger charge is -2.12. The summed E-state index contributed by atoms with van der Waals surface area (Å²) in [5, 5.41) is 29.1. The predicted molar refractivity (Wildman–Crippen MR) is 102 cm³/mol. The molecule has 0 unspecified atom stereocenters. The molecule has 3 N–H and O–H groups in total. The summed E-state index contributed by atoms with van der Waals surface area (Å²) in [7, 11) is 2.84. The number of allylic oxidation sites excluding steroid dienone is 3. The van der Waals surface area contributed by atoms with Crippen LogP contribution in [-0.2, 0) is 4.79 Å². The average Bonchev–Trinajstić information content (AvgIpc) is 2.67. The lowest BCUT2D eigenvalue weighted by Crippen LogP contribution is -1.97. The van der Waals surface area contributed by atoms with Gasteiger partial charge in [-0.1, -0.05) is 18.7 Å². The molecule has 0 bridgehead atoms. The Morgan fingerprint density at radius 1 is 0.926 bits per heavy atom. The van der Waals surface area contributed by atoms with Gasteiger partial charge in [-0.05, 0) is 53.1 Å². The first kappa shape index (κ1) is 19.7. The maximum Gasteiger partial charge on any atom is 0.182 e. The van der Waals surface area contributed by atoms with Crippen molar-refractivity contribution in [1.82, 2.24) is 0 Å². The second-order valence-electron chi connectivity index (χ2n) is 5.51. The van der Waals surface area contributed by atoms with E-state index in [1.165, 1.54) is 32.4 Å². The average molecular weight is 368 g/mol. The van der Waals surface area contributed by atoms with Crippen molar-refractivity contribution in [3.05, 3.63) is 78.1 Å². The van der Waals surface area contributed by atoms with Gasteiger partial charge >= 0.3 is 0 Å². The van der Waals surface area contributed by atoms with Gasteiger partial charge in [-0.15, -0.1) is 0 Å². The minimum atomic E-state index is -0.471. The second-order valence-corrected chi connectivity index (χ2v) is 5.51. The third-order valence-corrected chi connectivity index (χ3v) is 3.77. The number of hydrogen-bond donors (Lipinski definition) is 3. The van der Waals surface area contributed by atoms with Gasteiger partial charge in [-0.3, -0.25) is 4.79 Å². The quantitative estimate of drug-likeness (QED) is 0.391. The molecular weight excluding hydrogens is 348 g/mol. The van der Waals surface area contributed by atoms with Crippen molar-refractivity contribution in [2.45, 2.75) is 0 Å². The Morgan fingerprint density at radius 2 is 1.41 bits per heavy atom. The number of phenolic OH excluding ortho intramolecular Hbond substituents is 2. The van der Waals surface area contributed by atoms with Crippen molar-refractivity contribution in [3.63, 3.8) is 0 Å². The fraction of sp³-hybridized carbons (Fsp3) is 0.0952. The molecule has 0 amide bonds. The number of phenols is 2. The molecule has 6 heteroatoms. The van der Waals surface area contributed by atoms with Crippen LogP contribution in [0.25, 0.3) is 5.57 Å². The van der Waals surface area contributed by atoms with Crippen molar-refractivity contribution in [2.24, 2.45) is 0 Å². The highest BCUT2D eigenvalue weighted by molar-refractivity contribution is 6.07. The molecule has 0 radical (unpaired) electrons. The summed E-state index contributed by atoms with van der Waals surface area (Å²) in [6.07, 6.45) is 3.50. The lowest BCUT2D eigenvalue weighted by molar-refractivity contribution is -0.110. The molecule has 27 heavy (non-hydrogen) atoms. The molecule has 0 heterocycles. The van der Waals surface area contributed by atoms with Crippen molar-refractivity contribution < 1.29 is 29.6 Å². The van der Waals surface area contributed by atoms with Crippen molar-refractivity contribution in [2.75, 3.05) is 14.2 Å². The van der Waals surface area contributed by atoms with Crippen LogP contribution in [0.2, 0.25) is 0 Å². The first-order chi connectivity index (χ1) is 12.9. The number of ether oxygens (including phenoxy) is 2. The molecule has 0 saturated heterocycles. The SMILES string of the molecule is C=CC(O)=CC(=O)C=C(c1ccc(O)c(OC)c1)c1ccc(O)c(OC)c1. The molecule has 0 fully saturated rings. The Balaban J connectivity index is 2.65. The molecule has 0 spiro atoms. The molecule has 6 nitrogen and oxygen atoms in total. The number of aliphatic hydroxyl groups is 1. The number of benzene rings is 2. The maximum atomic E-state index is 12.3. The number of methoxy groups -OCH3 is 2. The van der Waals surface area contributed by atoms with Gasteiger partial charge in [0.15, 0.2) is 28.8 Å². The number of rotatable bonds is 7. The number of carbonyl (C=O) groups excluding carboxylic acids is 1. The molecule has 140 valence electrons. The van der Waals surface area contributed by atoms with Crippen LogP contribution < -0.4 is 9.47 Å². The van der Waals surface area contributed by atoms with Gasteiger partial charge in [0.2, 0.25) is 0 Å². The van der Waals surface area contributed by atoms with E-state index in [1.54, 1.807) is 24.3 Å². The Kier molecular flexibility index (Phi) is 6.27. The summed E-state index contributed by atoms with van der Waals surface area (Å²) in [5.41, 5.74) is 1.64. The van der Waals surface area contributed by atoms with Gasteiger partial charge in [0.05, 0.1) is 14.2 Å². The number of carbonyl (C=O) groups is 1. The van der Waals surface area contributed by atoms with E-state index in [-0.39, 0.29) is 28.8 Å². The summed E-state index contributed by atoms with van der Waals surface area (Å²) < 4.78 is 10.3. The van der Waals surface area contributed by atoms with Gasteiger partial charge in [0.25, 0.3) is 0 Å². The summed E-state index contributed by atoms with van der Waals surface area (Å²) >= 11 is 0. The van der Waals surface area contributed by atoms with Gasteiger partial charge in [0, 0.05) is 6.08 Å². The van der Waals surface area contributed by atoms with Crippen LogP contribution >= 0.6 is 0 Å². The highest BCUT2D eigenvalue weighted by Crippen LogP contribution is 2.35. The lowest BCUT2D eigenvalue weighted by atomic mass is 9.95. The Bertz CT molecular complexity index is 869. The van der Waals surface area contributed by atoms with Crippen LogP contribution in [-0.4, -0.2) is 35.3 Å². The van der Waals surface area contributed by atoms with E-state index in [9.17, 15) is 20.1 Å². The van der Waals surface area contributed by atoms with E-state index in [2.05, 4.69) is 6.58 Å². The topological polar surface area (TPSA) is 96.2 Å². The zero-order chi connectivity index (χ0) is 20.0. The molecule has 2 aromatic rings. The van der Waals surface area contributed by atoms with E-state index in [0.717, 1.165) is 12.2 Å². The highest BCUT2D eigenvalue weighted by Gasteiger charge is 2.13. The zero-order valence-corrected chi connectivity index (χ0v) is 15.0. The van der Waals surface area contributed by atoms with Crippen LogP contribution in [0.1, 0.15) is 11.1 Å². The highest BCUT2D eigenvalue weighted by atomic mass is 16.5. The number of ketones is 1. The largest absolute Gasteiger partial charge is 0.508 e. The second kappa shape index (κ2) is 8.62. The molecule has 0 aliphatic rings. The Morgan fingerprint density at radius 3 is 1.81 bits per heavy atom. The normalized spacial score (nSPS) is 10.8. The van der Waals surface area contributed by atoms with Gasteiger partial charge in [-0.25, -0.2) is 0 Å². The van der Waals surface area contributed by atoms with Crippen molar-refractivity contribution in [1.29, 1.82) is 0 Å². The van der Waals surface area contributed by atoms with E-state index in [0.29, 0.717) is 16.7 Å². The van der Waals surface area contributed by atoms with E-state index < -0.39 is 5.78 Å². The predicted octanol–water partition coefficient (Wildman–Crippen LogP) is 3.74. The molecule has 0 aliphatic heterocycles. The third-order valence-electron chi connectivity index (χ3n) is 3.77. The monoisotopic (exact) mass is 368 g/mol. The van der Waals surface area contributed by atoms with Crippen molar-refractivity contribution in [3.8, 4) is 23.0 Å². The third kappa shape index (κ3) is 4.70. The van der Waals surface area contributed by atoms with E-state index in [4.69, 9.17) is 9.47 Å². The minimum absolute atomic E-state index is 0.0422. The molecule has 0 aliphatic carbocycles. The smallest absolute Gasteiger partial charge is 0.182 e. The molecule has 0 aromatic heterocycles. The number of aromatic hydroxyl groups is 2. The summed E-state index contributed by atoms with van der Waals surface area (Å²) in [5.74, 6) is -0.343. The van der Waals surface area contributed by atoms with Crippen LogP contribution in [0, 0.1) is 0 Å². The Labute approximate surface area is 156 Å². The Hall–Kier alpha value is -3.67. The standard InChI is InChI=1S/C21H20O6/c1-4-15(22)11-16(23)12-17(13-5-7-18(24)20(9-13)26-2)14-6-8-19(25)21(10-14)27-3/h4-12,22,24-25H,1H2,2-3H3. The molecule has 2 aromatic carbocycles. The molecule has 0 atom stereocenters. The van der Waals surface area contributed by atoms with Gasteiger partial charge < -0.3 is 24.8 Å². The first-order valence-corrected chi connectivity index (χ1v) is 7.93. The number of hydrogen-bond acceptors (Lipinski definition) is 6. The molecular formula is C21H20O6. The number of aliphatic hydroxyl groups excluding tert-OH is 1. The van der Waals surface area contributed by atoms with Crippen LogP contribution in [0.4, 0.5) is 0 Å². The van der Waals surface area contributed by atoms with E-state index >= 15 is 0 Å². The fourth-order valence-corrected chi connectivity index (χ4v) is 2.41. The van der Waals surface area contributed by atoms with E-state index in [1.807, 2.05) is 0 Å². The zero-order valence-electron chi connectivity index (χ0n) is 15.0.